The molecule has 0 bridgehead atoms. The lowest BCUT2D eigenvalue weighted by Gasteiger charge is -2.14. The molecule has 4 heteroatoms. The zero-order valence-electron chi connectivity index (χ0n) is 8.82. The smallest absolute Gasteiger partial charge is 0.223 e. The molecule has 82 valence electrons. The average Bonchev–Trinajstić information content (AvgIpc) is 2.21. The van der Waals surface area contributed by atoms with Crippen molar-refractivity contribution in [3.05, 3.63) is 0 Å². The molecule has 0 fully saturated rings. The van der Waals surface area contributed by atoms with Crippen LogP contribution in [0.15, 0.2) is 0 Å². The third-order valence-electron chi connectivity index (χ3n) is 2.13. The van der Waals surface area contributed by atoms with Gasteiger partial charge in [-0.15, -0.1) is 0 Å². The number of hydrogen-bond acceptors (Lipinski definition) is 3. The van der Waals surface area contributed by atoms with Crippen LogP contribution in [0.4, 0.5) is 0 Å². The molecule has 0 heterocycles. The van der Waals surface area contributed by atoms with E-state index in [-0.39, 0.29) is 18.4 Å². The molecule has 1 unspecified atom stereocenters. The fraction of sp³-hybridized carbons (Fsp3) is 0.800. The highest BCUT2D eigenvalue weighted by Crippen LogP contribution is 2.07. The summed E-state index contributed by atoms with van der Waals surface area (Å²) in [5, 5.41) is 11.2. The first-order chi connectivity index (χ1) is 6.65. The largest absolute Gasteiger partial charge is 0.394 e. The van der Waals surface area contributed by atoms with Crippen LogP contribution in [0.25, 0.3) is 0 Å². The fourth-order valence-corrected chi connectivity index (χ4v) is 1.09. The van der Waals surface area contributed by atoms with Crippen LogP contribution in [0.5, 0.6) is 0 Å². The minimum atomic E-state index is -0.758. The lowest BCUT2D eigenvalue weighted by atomic mass is 10.0. The molecule has 0 aliphatic heterocycles. The number of aliphatic hydroxyl groups excluding tert-OH is 1. The van der Waals surface area contributed by atoms with Crippen LogP contribution in [0.2, 0.25) is 0 Å². The van der Waals surface area contributed by atoms with Crippen LogP contribution in [0.1, 0.15) is 33.1 Å². The van der Waals surface area contributed by atoms with Crippen LogP contribution in [-0.4, -0.2) is 29.9 Å². The molecule has 0 saturated carbocycles. The van der Waals surface area contributed by atoms with Gasteiger partial charge in [0.15, 0.2) is 0 Å². The highest BCUT2D eigenvalue weighted by atomic mass is 16.3. The van der Waals surface area contributed by atoms with Crippen molar-refractivity contribution in [1.82, 2.24) is 5.32 Å². The van der Waals surface area contributed by atoms with Gasteiger partial charge >= 0.3 is 0 Å². The van der Waals surface area contributed by atoms with Gasteiger partial charge < -0.3 is 15.2 Å². The standard InChI is InChI=1S/C10H19NO3/c1-3-4-5-8(2)10(14)11-9(6-12)7-13/h6,8-9,13H,3-5,7H2,1-2H3,(H,11,14)/t8-,9?/m0/s1. The summed E-state index contributed by atoms with van der Waals surface area (Å²) in [6.07, 6.45) is 3.41. The molecule has 0 aromatic heterocycles. The second-order valence-corrected chi connectivity index (χ2v) is 3.48. The zero-order chi connectivity index (χ0) is 11.0. The van der Waals surface area contributed by atoms with Gasteiger partial charge in [-0.05, 0) is 6.42 Å². The number of aliphatic hydroxyl groups is 1. The summed E-state index contributed by atoms with van der Waals surface area (Å²) < 4.78 is 0. The maximum atomic E-state index is 11.4. The van der Waals surface area contributed by atoms with Crippen LogP contribution in [0.3, 0.4) is 0 Å². The Morgan fingerprint density at radius 1 is 1.57 bits per heavy atom. The Bertz CT molecular complexity index is 182. The lowest BCUT2D eigenvalue weighted by Crippen LogP contribution is -2.41. The Morgan fingerprint density at radius 2 is 2.21 bits per heavy atom. The molecule has 1 amide bonds. The number of hydrogen-bond donors (Lipinski definition) is 2. The average molecular weight is 201 g/mol. The highest BCUT2D eigenvalue weighted by Gasteiger charge is 2.15. The highest BCUT2D eigenvalue weighted by molar-refractivity contribution is 5.81. The van der Waals surface area contributed by atoms with E-state index in [2.05, 4.69) is 12.2 Å². The molecule has 14 heavy (non-hydrogen) atoms. The first-order valence-corrected chi connectivity index (χ1v) is 5.02. The third-order valence-corrected chi connectivity index (χ3v) is 2.13. The Labute approximate surface area is 84.7 Å². The second-order valence-electron chi connectivity index (χ2n) is 3.48. The SMILES string of the molecule is CCCC[C@H](C)C(=O)NC(C=O)CO. The number of amides is 1. The molecule has 0 spiro atoms. The molecule has 0 aliphatic carbocycles. The van der Waals surface area contributed by atoms with Crippen LogP contribution >= 0.6 is 0 Å². The van der Waals surface area contributed by atoms with Crippen molar-refractivity contribution in [3.8, 4) is 0 Å². The number of nitrogens with one attached hydrogen (secondary N) is 1. The van der Waals surface area contributed by atoms with Crippen molar-refractivity contribution < 1.29 is 14.7 Å². The summed E-state index contributed by atoms with van der Waals surface area (Å²) in [5.74, 6) is -0.256. The quantitative estimate of drug-likeness (QED) is 0.589. The lowest BCUT2D eigenvalue weighted by molar-refractivity contribution is -0.127. The first kappa shape index (κ1) is 13.1. The van der Waals surface area contributed by atoms with E-state index in [9.17, 15) is 9.59 Å². The Balaban J connectivity index is 3.86. The maximum absolute atomic E-state index is 11.4. The van der Waals surface area contributed by atoms with E-state index in [1.807, 2.05) is 6.92 Å². The fourth-order valence-electron chi connectivity index (χ4n) is 1.09. The molecular formula is C10H19NO3. The number of unbranched alkanes of at least 4 members (excludes halogenated alkanes) is 1. The van der Waals surface area contributed by atoms with Crippen molar-refractivity contribution in [3.63, 3.8) is 0 Å². The number of carbonyl (C=O) groups excluding carboxylic acids is 2. The zero-order valence-corrected chi connectivity index (χ0v) is 8.82. The molecular weight excluding hydrogens is 182 g/mol. The van der Waals surface area contributed by atoms with E-state index >= 15 is 0 Å². The molecule has 0 rings (SSSR count). The van der Waals surface area contributed by atoms with Gasteiger partial charge in [0, 0.05) is 5.92 Å². The van der Waals surface area contributed by atoms with Crippen LogP contribution < -0.4 is 5.32 Å². The van der Waals surface area contributed by atoms with Crippen molar-refractivity contribution in [2.75, 3.05) is 6.61 Å². The maximum Gasteiger partial charge on any atom is 0.223 e. The summed E-state index contributed by atoms with van der Waals surface area (Å²) in [5.41, 5.74) is 0. The third kappa shape index (κ3) is 4.97. The van der Waals surface area contributed by atoms with Crippen LogP contribution in [-0.2, 0) is 9.59 Å². The van der Waals surface area contributed by atoms with E-state index in [0.717, 1.165) is 19.3 Å². The predicted molar refractivity (Wildman–Crippen MR) is 53.8 cm³/mol. The van der Waals surface area contributed by atoms with Gasteiger partial charge in [-0.1, -0.05) is 26.7 Å². The van der Waals surface area contributed by atoms with Gasteiger partial charge in [0.05, 0.1) is 6.61 Å². The minimum absolute atomic E-state index is 0.0936. The Hall–Kier alpha value is -0.900. The summed E-state index contributed by atoms with van der Waals surface area (Å²) in [4.78, 5) is 21.7. The Morgan fingerprint density at radius 3 is 2.64 bits per heavy atom. The molecule has 0 aromatic carbocycles. The van der Waals surface area contributed by atoms with E-state index in [1.165, 1.54) is 0 Å². The second kappa shape index (κ2) is 7.50. The predicted octanol–water partition coefficient (Wildman–Crippen LogP) is 0.489. The van der Waals surface area contributed by atoms with Gasteiger partial charge in [-0.25, -0.2) is 0 Å². The monoisotopic (exact) mass is 201 g/mol. The number of rotatable bonds is 7. The number of carbonyl (C=O) groups is 2. The van der Waals surface area contributed by atoms with Gasteiger partial charge in [0.25, 0.3) is 0 Å². The first-order valence-electron chi connectivity index (χ1n) is 5.02. The summed E-state index contributed by atoms with van der Waals surface area (Å²) >= 11 is 0. The van der Waals surface area contributed by atoms with Crippen LogP contribution in [0, 0.1) is 5.92 Å². The van der Waals surface area contributed by atoms with Crippen molar-refractivity contribution in [2.45, 2.75) is 39.2 Å². The van der Waals surface area contributed by atoms with Crippen molar-refractivity contribution in [1.29, 1.82) is 0 Å². The molecule has 0 aromatic rings. The molecule has 0 saturated heterocycles. The molecule has 0 aliphatic rings. The van der Waals surface area contributed by atoms with E-state index in [4.69, 9.17) is 5.11 Å². The molecule has 4 nitrogen and oxygen atoms in total. The van der Waals surface area contributed by atoms with Gasteiger partial charge in [0.2, 0.25) is 5.91 Å². The van der Waals surface area contributed by atoms with Gasteiger partial charge in [-0.2, -0.15) is 0 Å². The summed E-state index contributed by atoms with van der Waals surface area (Å²) in [6.45, 7) is 3.55. The summed E-state index contributed by atoms with van der Waals surface area (Å²) in [6, 6.07) is -0.758. The molecule has 2 N–H and O–H groups in total. The number of aldehydes is 1. The summed E-state index contributed by atoms with van der Waals surface area (Å²) in [7, 11) is 0. The van der Waals surface area contributed by atoms with Crippen molar-refractivity contribution >= 4 is 12.2 Å². The molecule has 2 atom stereocenters. The topological polar surface area (TPSA) is 66.4 Å². The van der Waals surface area contributed by atoms with E-state index in [0.29, 0.717) is 6.29 Å². The minimum Gasteiger partial charge on any atom is -0.394 e. The van der Waals surface area contributed by atoms with E-state index in [1.54, 1.807) is 0 Å². The van der Waals surface area contributed by atoms with Crippen molar-refractivity contribution in [2.24, 2.45) is 5.92 Å². The van der Waals surface area contributed by atoms with Gasteiger partial charge in [-0.3, -0.25) is 4.79 Å². The van der Waals surface area contributed by atoms with Gasteiger partial charge in [0.1, 0.15) is 12.3 Å². The van der Waals surface area contributed by atoms with E-state index < -0.39 is 6.04 Å². The normalized spacial score (nSPS) is 14.5. The Kier molecular flexibility index (Phi) is 7.02. The molecule has 0 radical (unpaired) electrons.